The molecule has 0 fully saturated rings. The largest absolute Gasteiger partial charge is 0.494 e. The number of nitriles is 1. The van der Waals surface area contributed by atoms with E-state index in [-0.39, 0.29) is 5.69 Å². The number of pyridine rings is 1. The fourth-order valence-electron chi connectivity index (χ4n) is 1.82. The number of hydrogen-bond donors (Lipinski definition) is 1. The fourth-order valence-corrected chi connectivity index (χ4v) is 1.82. The van der Waals surface area contributed by atoms with Gasteiger partial charge in [0.05, 0.1) is 24.9 Å². The van der Waals surface area contributed by atoms with Gasteiger partial charge in [0.25, 0.3) is 0 Å². The van der Waals surface area contributed by atoms with Crippen LogP contribution in [0.3, 0.4) is 0 Å². The van der Waals surface area contributed by atoms with E-state index >= 15 is 0 Å². The number of aromatic nitrogens is 3. The first-order valence-electron chi connectivity index (χ1n) is 6.14. The number of rotatable bonds is 4. The highest BCUT2D eigenvalue weighted by Gasteiger charge is 2.15. The molecule has 0 amide bonds. The molecule has 0 unspecified atom stereocenters. The lowest BCUT2D eigenvalue weighted by Gasteiger charge is -2.16. The van der Waals surface area contributed by atoms with Gasteiger partial charge in [-0.1, -0.05) is 0 Å². The summed E-state index contributed by atoms with van der Waals surface area (Å²) in [5, 5.41) is 23.1. The molecule has 0 radical (unpaired) electrons. The molecule has 6 heteroatoms. The van der Waals surface area contributed by atoms with Gasteiger partial charge >= 0.3 is 0 Å². The molecule has 0 saturated heterocycles. The number of aliphatic hydroxyl groups is 1. The fraction of sp³-hybridized carbons (Fsp3) is 0.357. The van der Waals surface area contributed by atoms with Crippen molar-refractivity contribution in [1.29, 1.82) is 5.26 Å². The highest BCUT2D eigenvalue weighted by atomic mass is 16.5. The minimum atomic E-state index is -0.839. The quantitative estimate of drug-likeness (QED) is 0.913. The third kappa shape index (κ3) is 3.13. The number of ether oxygens (including phenoxy) is 1. The summed E-state index contributed by atoms with van der Waals surface area (Å²) in [5.74, 6) is 0.437. The van der Waals surface area contributed by atoms with E-state index in [4.69, 9.17) is 10.00 Å². The first-order valence-corrected chi connectivity index (χ1v) is 6.14. The smallest absolute Gasteiger partial charge is 0.183 e. The second kappa shape index (κ2) is 5.31. The summed E-state index contributed by atoms with van der Waals surface area (Å²) >= 11 is 0. The van der Waals surface area contributed by atoms with Crippen LogP contribution < -0.4 is 4.74 Å². The maximum atomic E-state index is 9.77. The van der Waals surface area contributed by atoms with Crippen molar-refractivity contribution < 1.29 is 9.84 Å². The lowest BCUT2D eigenvalue weighted by molar-refractivity contribution is 0.0578. The molecule has 0 aromatic carbocycles. The second-order valence-corrected chi connectivity index (χ2v) is 5.07. The first kappa shape index (κ1) is 14.0. The number of hydrogen-bond acceptors (Lipinski definition) is 5. The molecule has 0 bridgehead atoms. The van der Waals surface area contributed by atoms with Gasteiger partial charge < -0.3 is 9.84 Å². The van der Waals surface area contributed by atoms with Crippen molar-refractivity contribution >= 4 is 0 Å². The molecule has 0 spiro atoms. The zero-order valence-electron chi connectivity index (χ0n) is 11.7. The summed E-state index contributed by atoms with van der Waals surface area (Å²) in [6.45, 7) is 3.82. The van der Waals surface area contributed by atoms with Crippen molar-refractivity contribution in [2.45, 2.75) is 26.0 Å². The molecule has 2 aromatic rings. The summed E-state index contributed by atoms with van der Waals surface area (Å²) in [6, 6.07) is 7.22. The van der Waals surface area contributed by atoms with Gasteiger partial charge in [0.1, 0.15) is 11.8 Å². The Morgan fingerprint density at radius 2 is 2.10 bits per heavy atom. The molecule has 2 rings (SSSR count). The number of nitrogens with zero attached hydrogens (tertiary/aromatic N) is 4. The van der Waals surface area contributed by atoms with Crippen molar-refractivity contribution in [1.82, 2.24) is 14.8 Å². The molecule has 6 nitrogen and oxygen atoms in total. The lowest BCUT2D eigenvalue weighted by Crippen LogP contribution is -2.26. The average molecular weight is 272 g/mol. The topological polar surface area (TPSA) is 84.0 Å². The van der Waals surface area contributed by atoms with Gasteiger partial charge in [0.2, 0.25) is 0 Å². The van der Waals surface area contributed by atoms with Crippen LogP contribution in [-0.4, -0.2) is 32.6 Å². The Morgan fingerprint density at radius 3 is 2.70 bits per heavy atom. The van der Waals surface area contributed by atoms with E-state index < -0.39 is 5.60 Å². The van der Waals surface area contributed by atoms with Crippen molar-refractivity contribution in [2.24, 2.45) is 0 Å². The van der Waals surface area contributed by atoms with Crippen LogP contribution in [0.4, 0.5) is 0 Å². The Hall–Kier alpha value is -2.39. The van der Waals surface area contributed by atoms with Gasteiger partial charge in [-0.15, -0.1) is 0 Å². The molecular weight excluding hydrogens is 256 g/mol. The van der Waals surface area contributed by atoms with Gasteiger partial charge in [-0.2, -0.15) is 10.4 Å². The summed E-state index contributed by atoms with van der Waals surface area (Å²) in [4.78, 5) is 4.22. The Kier molecular flexibility index (Phi) is 3.72. The molecule has 0 aliphatic heterocycles. The maximum absolute atomic E-state index is 9.77. The molecule has 104 valence electrons. The average Bonchev–Trinajstić information content (AvgIpc) is 2.84. The van der Waals surface area contributed by atoms with Gasteiger partial charge in [-0.25, -0.2) is 4.98 Å². The van der Waals surface area contributed by atoms with Gasteiger partial charge in [-0.05, 0) is 32.0 Å². The summed E-state index contributed by atoms with van der Waals surface area (Å²) in [7, 11) is 1.50. The normalized spacial score (nSPS) is 11.2. The van der Waals surface area contributed by atoms with Gasteiger partial charge in [-0.3, -0.25) is 4.68 Å². The van der Waals surface area contributed by atoms with Crippen LogP contribution in [0.25, 0.3) is 11.4 Å². The van der Waals surface area contributed by atoms with Crippen LogP contribution in [0, 0.1) is 11.3 Å². The second-order valence-electron chi connectivity index (χ2n) is 5.07. The van der Waals surface area contributed by atoms with Gasteiger partial charge in [0.15, 0.2) is 11.4 Å². The predicted molar refractivity (Wildman–Crippen MR) is 73.0 cm³/mol. The van der Waals surface area contributed by atoms with Crippen LogP contribution in [0.5, 0.6) is 5.75 Å². The predicted octanol–water partition coefficient (Wildman–Crippen LogP) is 1.60. The minimum absolute atomic E-state index is 0.224. The minimum Gasteiger partial charge on any atom is -0.494 e. The molecule has 0 aliphatic rings. The molecule has 2 aromatic heterocycles. The van der Waals surface area contributed by atoms with E-state index in [0.29, 0.717) is 23.7 Å². The Balaban J connectivity index is 2.31. The van der Waals surface area contributed by atoms with Crippen LogP contribution >= 0.6 is 0 Å². The third-order valence-corrected chi connectivity index (χ3v) is 2.64. The van der Waals surface area contributed by atoms with Crippen molar-refractivity contribution in [3.63, 3.8) is 0 Å². The van der Waals surface area contributed by atoms with Crippen LogP contribution in [0.2, 0.25) is 0 Å². The van der Waals surface area contributed by atoms with Crippen molar-refractivity contribution in [3.8, 4) is 23.2 Å². The number of methoxy groups -OCH3 is 1. The van der Waals surface area contributed by atoms with E-state index in [2.05, 4.69) is 10.1 Å². The lowest BCUT2D eigenvalue weighted by atomic mass is 10.1. The summed E-state index contributed by atoms with van der Waals surface area (Å²) in [6.07, 6.45) is 1.77. The third-order valence-electron chi connectivity index (χ3n) is 2.64. The zero-order valence-corrected chi connectivity index (χ0v) is 11.7. The highest BCUT2D eigenvalue weighted by Crippen LogP contribution is 2.21. The van der Waals surface area contributed by atoms with E-state index in [1.165, 1.54) is 7.11 Å². The SMILES string of the molecule is COc1ccc(-c2ccn(CC(C)(C)O)n2)nc1C#N. The van der Waals surface area contributed by atoms with Crippen molar-refractivity contribution in [3.05, 3.63) is 30.1 Å². The molecule has 1 N–H and O–H groups in total. The molecule has 20 heavy (non-hydrogen) atoms. The molecule has 0 aliphatic carbocycles. The maximum Gasteiger partial charge on any atom is 0.183 e. The zero-order chi connectivity index (χ0) is 14.8. The molecule has 0 saturated carbocycles. The molecular formula is C14H16N4O2. The van der Waals surface area contributed by atoms with Crippen LogP contribution in [-0.2, 0) is 6.54 Å². The van der Waals surface area contributed by atoms with E-state index in [1.807, 2.05) is 6.07 Å². The summed E-state index contributed by atoms with van der Waals surface area (Å²) in [5.41, 5.74) is 0.626. The van der Waals surface area contributed by atoms with Gasteiger partial charge in [0, 0.05) is 6.20 Å². The first-order chi connectivity index (χ1) is 9.43. The van der Waals surface area contributed by atoms with E-state index in [0.717, 1.165) is 0 Å². The Labute approximate surface area is 117 Å². The Morgan fingerprint density at radius 1 is 1.35 bits per heavy atom. The van der Waals surface area contributed by atoms with Crippen molar-refractivity contribution in [2.75, 3.05) is 7.11 Å². The van der Waals surface area contributed by atoms with E-state index in [9.17, 15) is 5.11 Å². The highest BCUT2D eigenvalue weighted by molar-refractivity contribution is 5.56. The molecule has 2 heterocycles. The van der Waals surface area contributed by atoms with Crippen LogP contribution in [0.15, 0.2) is 24.4 Å². The monoisotopic (exact) mass is 272 g/mol. The van der Waals surface area contributed by atoms with E-state index in [1.54, 1.807) is 42.9 Å². The Bertz CT molecular complexity index is 650. The van der Waals surface area contributed by atoms with Crippen LogP contribution in [0.1, 0.15) is 19.5 Å². The standard InChI is InChI=1S/C14H16N4O2/c1-14(2,19)9-18-7-6-11(17-18)10-4-5-13(20-3)12(8-15)16-10/h4-7,19H,9H2,1-3H3. The molecule has 0 atom stereocenters. The summed E-state index contributed by atoms with van der Waals surface area (Å²) < 4.78 is 6.70.